The molecule has 0 saturated carbocycles. The summed E-state index contributed by atoms with van der Waals surface area (Å²) in [5.41, 5.74) is 0. The van der Waals surface area contributed by atoms with E-state index in [9.17, 15) is 15.0 Å². The lowest BCUT2D eigenvalue weighted by molar-refractivity contribution is -0.217. The Balaban J connectivity index is 2.19. The van der Waals surface area contributed by atoms with E-state index < -0.39 is 12.2 Å². The van der Waals surface area contributed by atoms with E-state index in [1.54, 1.807) is 4.90 Å². The summed E-state index contributed by atoms with van der Waals surface area (Å²) >= 11 is 0. The van der Waals surface area contributed by atoms with Crippen molar-refractivity contribution in [3.05, 3.63) is 0 Å². The van der Waals surface area contributed by atoms with Crippen LogP contribution in [0.15, 0.2) is 0 Å². The van der Waals surface area contributed by atoms with Gasteiger partial charge in [0.2, 0.25) is 5.91 Å². The zero-order valence-electron chi connectivity index (χ0n) is 10.4. The van der Waals surface area contributed by atoms with Crippen molar-refractivity contribution in [3.63, 3.8) is 0 Å². The predicted octanol–water partition coefficient (Wildman–Crippen LogP) is -0.104. The Morgan fingerprint density at radius 3 is 2.71 bits per heavy atom. The van der Waals surface area contributed by atoms with E-state index >= 15 is 0 Å². The van der Waals surface area contributed by atoms with Gasteiger partial charge in [-0.3, -0.25) is 4.79 Å². The lowest BCUT2D eigenvalue weighted by atomic mass is 9.86. The van der Waals surface area contributed by atoms with Crippen molar-refractivity contribution in [2.45, 2.75) is 63.6 Å². The molecule has 2 N–H and O–H groups in total. The van der Waals surface area contributed by atoms with Crippen molar-refractivity contribution in [2.24, 2.45) is 0 Å². The summed E-state index contributed by atoms with van der Waals surface area (Å²) in [6, 6.07) is -0.390. The minimum Gasteiger partial charge on any atom is -0.388 e. The molecule has 0 unspecified atom stereocenters. The first-order valence-corrected chi connectivity index (χ1v) is 6.35. The van der Waals surface area contributed by atoms with E-state index in [0.29, 0.717) is 13.0 Å². The molecule has 0 radical (unpaired) electrons. The molecule has 1 amide bonds. The average molecular weight is 243 g/mol. The van der Waals surface area contributed by atoms with Crippen LogP contribution in [-0.2, 0) is 9.53 Å². The number of piperidine rings is 1. The van der Waals surface area contributed by atoms with E-state index in [1.165, 1.54) is 6.92 Å². The zero-order valence-corrected chi connectivity index (χ0v) is 10.4. The highest BCUT2D eigenvalue weighted by Gasteiger charge is 2.48. The van der Waals surface area contributed by atoms with Crippen LogP contribution >= 0.6 is 0 Å². The number of aliphatic hydroxyl groups excluding tert-OH is 2. The number of hydrogen-bond acceptors (Lipinski definition) is 4. The number of carbonyl (C=O) groups excluding carboxylic acids is 1. The molecule has 0 bridgehead atoms. The van der Waals surface area contributed by atoms with Crippen molar-refractivity contribution in [1.29, 1.82) is 0 Å². The number of amides is 1. The van der Waals surface area contributed by atoms with E-state index in [-0.39, 0.29) is 24.2 Å². The molecule has 0 aromatic heterocycles. The average Bonchev–Trinajstić information content (AvgIpc) is 2.32. The summed E-state index contributed by atoms with van der Waals surface area (Å²) in [5.74, 6) is -0.0653. The molecule has 0 aliphatic carbocycles. The first kappa shape index (κ1) is 12.8. The molecule has 2 aliphatic rings. The van der Waals surface area contributed by atoms with Crippen LogP contribution in [0.2, 0.25) is 0 Å². The molecule has 98 valence electrons. The van der Waals surface area contributed by atoms with Crippen LogP contribution < -0.4 is 0 Å². The lowest BCUT2D eigenvalue weighted by Gasteiger charge is -2.49. The maximum absolute atomic E-state index is 11.5. The second-order valence-corrected chi connectivity index (χ2v) is 4.95. The van der Waals surface area contributed by atoms with Gasteiger partial charge in [-0.05, 0) is 19.3 Å². The maximum Gasteiger partial charge on any atom is 0.219 e. The number of nitrogens with zero attached hydrogens (tertiary/aromatic N) is 1. The van der Waals surface area contributed by atoms with Gasteiger partial charge in [0.05, 0.1) is 18.2 Å². The topological polar surface area (TPSA) is 70.0 Å². The van der Waals surface area contributed by atoms with Crippen LogP contribution in [0, 0.1) is 0 Å². The quantitative estimate of drug-likeness (QED) is 0.674. The van der Waals surface area contributed by atoms with Gasteiger partial charge >= 0.3 is 0 Å². The van der Waals surface area contributed by atoms with Crippen LogP contribution in [0.5, 0.6) is 0 Å². The molecular weight excluding hydrogens is 222 g/mol. The standard InChI is InChI=1S/C12H21NO4/c1-3-8-11(15)12(16)10-9(17-8)5-4-6-13(10)7(2)14/h8-12,15-16H,3-6H2,1-2H3/t8-,9-,10+,11+,12-/m1/s1. The fourth-order valence-electron chi connectivity index (χ4n) is 2.97. The Bertz CT molecular complexity index is 294. The molecule has 5 atom stereocenters. The van der Waals surface area contributed by atoms with Crippen molar-refractivity contribution < 1.29 is 19.7 Å². The van der Waals surface area contributed by atoms with Gasteiger partial charge in [-0.25, -0.2) is 0 Å². The summed E-state index contributed by atoms with van der Waals surface area (Å²) < 4.78 is 5.80. The molecule has 2 rings (SSSR count). The molecule has 0 aromatic carbocycles. The summed E-state index contributed by atoms with van der Waals surface area (Å²) in [5, 5.41) is 20.1. The number of fused-ring (bicyclic) bond motifs is 1. The molecule has 2 saturated heterocycles. The lowest BCUT2D eigenvalue weighted by Crippen LogP contribution is -2.66. The van der Waals surface area contributed by atoms with Gasteiger partial charge in [-0.2, -0.15) is 0 Å². The van der Waals surface area contributed by atoms with Gasteiger partial charge in [0.1, 0.15) is 12.2 Å². The van der Waals surface area contributed by atoms with Crippen LogP contribution in [0.3, 0.4) is 0 Å². The summed E-state index contributed by atoms with van der Waals surface area (Å²) in [7, 11) is 0. The molecule has 0 aromatic rings. The molecule has 2 heterocycles. The molecule has 5 nitrogen and oxygen atoms in total. The minimum absolute atomic E-state index is 0.0653. The summed E-state index contributed by atoms with van der Waals surface area (Å²) in [4.78, 5) is 13.2. The second kappa shape index (κ2) is 4.92. The zero-order chi connectivity index (χ0) is 12.6. The highest BCUT2D eigenvalue weighted by atomic mass is 16.5. The van der Waals surface area contributed by atoms with Gasteiger partial charge in [-0.1, -0.05) is 6.92 Å². The van der Waals surface area contributed by atoms with Crippen molar-refractivity contribution in [2.75, 3.05) is 6.54 Å². The highest BCUT2D eigenvalue weighted by Crippen LogP contribution is 2.32. The second-order valence-electron chi connectivity index (χ2n) is 4.95. The molecular formula is C12H21NO4. The Kier molecular flexibility index (Phi) is 3.70. The third-order valence-electron chi connectivity index (χ3n) is 3.87. The van der Waals surface area contributed by atoms with Crippen LogP contribution in [0.25, 0.3) is 0 Å². The van der Waals surface area contributed by atoms with Crippen molar-refractivity contribution in [3.8, 4) is 0 Å². The molecule has 0 spiro atoms. The fraction of sp³-hybridized carbons (Fsp3) is 0.917. The van der Waals surface area contributed by atoms with E-state index in [1.807, 2.05) is 6.92 Å². The van der Waals surface area contributed by atoms with E-state index in [2.05, 4.69) is 0 Å². The van der Waals surface area contributed by atoms with Crippen LogP contribution in [0.1, 0.15) is 33.1 Å². The van der Waals surface area contributed by atoms with Gasteiger partial charge in [-0.15, -0.1) is 0 Å². The Morgan fingerprint density at radius 1 is 1.41 bits per heavy atom. The van der Waals surface area contributed by atoms with Crippen LogP contribution in [-0.4, -0.2) is 58.0 Å². The number of aliphatic hydroxyl groups is 2. The first-order chi connectivity index (χ1) is 8.06. The monoisotopic (exact) mass is 243 g/mol. The van der Waals surface area contributed by atoms with Crippen molar-refractivity contribution in [1.82, 2.24) is 4.90 Å². The normalized spacial score (nSPS) is 42.1. The van der Waals surface area contributed by atoms with E-state index in [4.69, 9.17) is 4.74 Å². The SMILES string of the molecule is CC[C@H]1O[C@@H]2CCCN(C(C)=O)[C@@H]2[C@@H](O)[C@H]1O. The van der Waals surface area contributed by atoms with Crippen LogP contribution in [0.4, 0.5) is 0 Å². The molecule has 2 fully saturated rings. The predicted molar refractivity (Wildman–Crippen MR) is 61.4 cm³/mol. The van der Waals surface area contributed by atoms with Gasteiger partial charge in [0, 0.05) is 13.5 Å². The Labute approximate surface area is 101 Å². The largest absolute Gasteiger partial charge is 0.388 e. The third kappa shape index (κ3) is 2.19. The van der Waals surface area contributed by atoms with Gasteiger partial charge in [0.25, 0.3) is 0 Å². The molecule has 5 heteroatoms. The maximum atomic E-state index is 11.5. The molecule has 17 heavy (non-hydrogen) atoms. The number of hydrogen-bond donors (Lipinski definition) is 2. The van der Waals surface area contributed by atoms with E-state index in [0.717, 1.165) is 12.8 Å². The number of carbonyl (C=O) groups is 1. The molecule has 2 aliphatic heterocycles. The number of likely N-dealkylation sites (tertiary alicyclic amines) is 1. The van der Waals surface area contributed by atoms with Gasteiger partial charge < -0.3 is 19.8 Å². The van der Waals surface area contributed by atoms with Gasteiger partial charge in [0.15, 0.2) is 0 Å². The number of ether oxygens (including phenoxy) is 1. The fourth-order valence-corrected chi connectivity index (χ4v) is 2.97. The smallest absolute Gasteiger partial charge is 0.219 e. The first-order valence-electron chi connectivity index (χ1n) is 6.35. The van der Waals surface area contributed by atoms with Crippen molar-refractivity contribution >= 4 is 5.91 Å². The summed E-state index contributed by atoms with van der Waals surface area (Å²) in [6.45, 7) is 4.06. The minimum atomic E-state index is -0.902. The Morgan fingerprint density at radius 2 is 2.12 bits per heavy atom. The highest BCUT2D eigenvalue weighted by molar-refractivity contribution is 5.74. The third-order valence-corrected chi connectivity index (χ3v) is 3.87. The summed E-state index contributed by atoms with van der Waals surface area (Å²) in [6.07, 6.45) is 0.134. The Hall–Kier alpha value is -0.650. The number of rotatable bonds is 1.